The van der Waals surface area contributed by atoms with Crippen LogP contribution in [0.1, 0.15) is 33.4 Å². The normalized spacial score (nSPS) is 13.1. The van der Waals surface area contributed by atoms with Gasteiger partial charge in [0.25, 0.3) is 0 Å². The average Bonchev–Trinajstić information content (AvgIpc) is 2.73. The zero-order valence-corrected chi connectivity index (χ0v) is 21.0. The minimum atomic E-state index is -1.09. The molecule has 0 aromatic heterocycles. The molecule has 0 spiro atoms. The van der Waals surface area contributed by atoms with Gasteiger partial charge in [-0.15, -0.1) is 0 Å². The molecule has 4 aromatic rings. The fourth-order valence-electron chi connectivity index (χ4n) is 6.07. The van der Waals surface area contributed by atoms with Crippen molar-refractivity contribution >= 4 is 47.5 Å². The summed E-state index contributed by atoms with van der Waals surface area (Å²) in [6, 6.07) is 28.0. The van der Waals surface area contributed by atoms with Gasteiger partial charge in [0.2, 0.25) is 6.71 Å². The second kappa shape index (κ2) is 7.94. The molecular weight excluding hydrogens is 399 g/mol. The molecule has 0 aliphatic carbocycles. The standard InChI is InChI=1S/C30H30BSi/c1-19-15-21(3)29(22(4)16-19)31-25-11-7-9-13-27(25)32(28-14-10-8-12-26(28)31)30-23(5)17-20(2)18-24(30)6/h7-18H,1-6H3. The molecule has 0 nitrogen and oxygen atoms in total. The quantitative estimate of drug-likeness (QED) is 0.379. The van der Waals surface area contributed by atoms with Gasteiger partial charge in [-0.1, -0.05) is 133 Å². The molecule has 0 fully saturated rings. The lowest BCUT2D eigenvalue weighted by Gasteiger charge is -2.35. The molecule has 1 heterocycles. The first kappa shape index (κ1) is 21.0. The fraction of sp³-hybridized carbons (Fsp3) is 0.200. The molecule has 0 amide bonds. The monoisotopic (exact) mass is 429 g/mol. The number of benzene rings is 4. The molecule has 0 bridgehead atoms. The summed E-state index contributed by atoms with van der Waals surface area (Å²) in [6.07, 6.45) is 0. The summed E-state index contributed by atoms with van der Waals surface area (Å²) in [5.41, 5.74) is 12.8. The largest absolute Gasteiger partial charge is 0.241 e. The molecule has 1 radical (unpaired) electrons. The van der Waals surface area contributed by atoms with E-state index in [9.17, 15) is 0 Å². The highest BCUT2D eigenvalue weighted by atomic mass is 28.3. The van der Waals surface area contributed by atoms with Crippen LogP contribution in [0.2, 0.25) is 0 Å². The number of hydrogen-bond acceptors (Lipinski definition) is 0. The van der Waals surface area contributed by atoms with E-state index in [2.05, 4.69) is 114 Å². The van der Waals surface area contributed by atoms with E-state index >= 15 is 0 Å². The van der Waals surface area contributed by atoms with Crippen LogP contribution in [0.4, 0.5) is 0 Å². The predicted octanol–water partition coefficient (Wildman–Crippen LogP) is 2.88. The van der Waals surface area contributed by atoms with Crippen molar-refractivity contribution in [3.8, 4) is 0 Å². The van der Waals surface area contributed by atoms with Crippen molar-refractivity contribution < 1.29 is 0 Å². The Kier molecular flexibility index (Phi) is 5.22. The molecular formula is C30H30BSi. The molecule has 1 aliphatic heterocycles. The summed E-state index contributed by atoms with van der Waals surface area (Å²) in [4.78, 5) is 0. The van der Waals surface area contributed by atoms with Gasteiger partial charge >= 0.3 is 0 Å². The maximum atomic E-state index is 2.41. The first-order valence-electron chi connectivity index (χ1n) is 11.6. The zero-order chi connectivity index (χ0) is 22.6. The third-order valence-corrected chi connectivity index (χ3v) is 10.3. The summed E-state index contributed by atoms with van der Waals surface area (Å²) in [7, 11) is -1.09. The molecule has 0 N–H and O–H groups in total. The van der Waals surface area contributed by atoms with Gasteiger partial charge in [0.15, 0.2) is 8.80 Å². The molecule has 0 atom stereocenters. The maximum absolute atomic E-state index is 2.41. The SMILES string of the molecule is Cc1cc(C)c(B2c3ccccc3[Si](c3c(C)cc(C)cc3C)c3ccccc32)c(C)c1. The van der Waals surface area contributed by atoms with Crippen molar-refractivity contribution in [2.75, 3.05) is 0 Å². The van der Waals surface area contributed by atoms with Crippen LogP contribution in [0, 0.1) is 41.5 Å². The van der Waals surface area contributed by atoms with E-state index in [1.165, 1.54) is 49.8 Å². The lowest BCUT2D eigenvalue weighted by Crippen LogP contribution is -2.75. The summed E-state index contributed by atoms with van der Waals surface area (Å²) >= 11 is 0. The Morgan fingerprint density at radius 3 is 1.41 bits per heavy atom. The van der Waals surface area contributed by atoms with Gasteiger partial charge in [-0.2, -0.15) is 0 Å². The number of rotatable bonds is 2. The van der Waals surface area contributed by atoms with Crippen LogP contribution in [-0.4, -0.2) is 15.5 Å². The maximum Gasteiger partial charge on any atom is 0.241 e. The second-order valence-corrected chi connectivity index (χ2v) is 11.9. The van der Waals surface area contributed by atoms with Gasteiger partial charge in [0.1, 0.15) is 0 Å². The Balaban J connectivity index is 1.85. The Bertz CT molecular complexity index is 1150. The molecule has 0 saturated carbocycles. The molecule has 4 aromatic carbocycles. The van der Waals surface area contributed by atoms with Crippen molar-refractivity contribution in [2.24, 2.45) is 0 Å². The van der Waals surface area contributed by atoms with Gasteiger partial charge in [-0.05, 0) is 46.7 Å². The van der Waals surface area contributed by atoms with E-state index in [0.717, 1.165) is 0 Å². The van der Waals surface area contributed by atoms with Crippen LogP contribution in [0.25, 0.3) is 0 Å². The van der Waals surface area contributed by atoms with Crippen molar-refractivity contribution in [3.05, 3.63) is 106 Å². The smallest absolute Gasteiger partial charge is 0.0688 e. The van der Waals surface area contributed by atoms with E-state index in [-0.39, 0.29) is 0 Å². The Morgan fingerprint density at radius 2 is 0.938 bits per heavy atom. The summed E-state index contributed by atoms with van der Waals surface area (Å²) in [6.45, 7) is 13.9. The molecule has 1 aliphatic rings. The Hall–Kier alpha value is -2.84. The highest BCUT2D eigenvalue weighted by Gasteiger charge is 2.39. The van der Waals surface area contributed by atoms with Gasteiger partial charge in [0, 0.05) is 0 Å². The number of hydrogen-bond donors (Lipinski definition) is 0. The van der Waals surface area contributed by atoms with Crippen LogP contribution >= 0.6 is 0 Å². The van der Waals surface area contributed by atoms with E-state index in [4.69, 9.17) is 0 Å². The predicted molar refractivity (Wildman–Crippen MR) is 144 cm³/mol. The highest BCUT2D eigenvalue weighted by molar-refractivity contribution is 7.11. The van der Waals surface area contributed by atoms with Crippen molar-refractivity contribution in [3.63, 3.8) is 0 Å². The zero-order valence-electron chi connectivity index (χ0n) is 20.0. The molecule has 5 rings (SSSR count). The van der Waals surface area contributed by atoms with Crippen molar-refractivity contribution in [1.29, 1.82) is 0 Å². The molecule has 0 saturated heterocycles. The van der Waals surface area contributed by atoms with Gasteiger partial charge in [-0.25, -0.2) is 0 Å². The fourth-order valence-corrected chi connectivity index (χ4v) is 9.39. The second-order valence-electron chi connectivity index (χ2n) is 9.57. The first-order chi connectivity index (χ1) is 15.4. The number of aryl methyl sites for hydroxylation is 6. The number of fused-ring (bicyclic) bond motifs is 2. The van der Waals surface area contributed by atoms with Crippen LogP contribution in [0.5, 0.6) is 0 Å². The minimum absolute atomic E-state index is 0.294. The average molecular weight is 429 g/mol. The summed E-state index contributed by atoms with van der Waals surface area (Å²) in [5, 5.41) is 4.67. The third-order valence-electron chi connectivity index (χ3n) is 7.04. The molecule has 2 heteroatoms. The van der Waals surface area contributed by atoms with E-state index in [1.807, 2.05) is 0 Å². The van der Waals surface area contributed by atoms with E-state index in [1.54, 1.807) is 15.6 Å². The lowest BCUT2D eigenvalue weighted by molar-refractivity contribution is 1.35. The minimum Gasteiger partial charge on any atom is -0.0688 e. The Morgan fingerprint density at radius 1 is 0.531 bits per heavy atom. The molecule has 0 unspecified atom stereocenters. The van der Waals surface area contributed by atoms with Crippen molar-refractivity contribution in [2.45, 2.75) is 41.5 Å². The molecule has 157 valence electrons. The Labute approximate surface area is 195 Å². The lowest BCUT2D eigenvalue weighted by atomic mass is 9.35. The topological polar surface area (TPSA) is 0 Å². The first-order valence-corrected chi connectivity index (χ1v) is 13.1. The van der Waals surface area contributed by atoms with Crippen molar-refractivity contribution in [1.82, 2.24) is 0 Å². The summed E-state index contributed by atoms with van der Waals surface area (Å²) < 4.78 is 0. The van der Waals surface area contributed by atoms with Gasteiger partial charge < -0.3 is 0 Å². The highest BCUT2D eigenvalue weighted by Crippen LogP contribution is 2.12. The van der Waals surface area contributed by atoms with Crippen LogP contribution in [0.3, 0.4) is 0 Å². The van der Waals surface area contributed by atoms with Crippen LogP contribution in [0.15, 0.2) is 72.8 Å². The van der Waals surface area contributed by atoms with Crippen LogP contribution in [-0.2, 0) is 0 Å². The van der Waals surface area contributed by atoms with Gasteiger partial charge in [-0.3, -0.25) is 0 Å². The molecule has 32 heavy (non-hydrogen) atoms. The van der Waals surface area contributed by atoms with Gasteiger partial charge in [0.05, 0.1) is 0 Å². The van der Waals surface area contributed by atoms with E-state index < -0.39 is 8.80 Å². The summed E-state index contributed by atoms with van der Waals surface area (Å²) in [5.74, 6) is 0. The van der Waals surface area contributed by atoms with E-state index in [0.29, 0.717) is 6.71 Å². The third kappa shape index (κ3) is 3.29. The van der Waals surface area contributed by atoms with Crippen LogP contribution < -0.4 is 31.9 Å².